The molecular formula is C13H19N5OS2. The van der Waals surface area contributed by atoms with E-state index in [0.29, 0.717) is 16.4 Å². The molecule has 21 heavy (non-hydrogen) atoms. The van der Waals surface area contributed by atoms with E-state index in [4.69, 9.17) is 10.3 Å². The van der Waals surface area contributed by atoms with Crippen LogP contribution in [0.2, 0.25) is 0 Å². The summed E-state index contributed by atoms with van der Waals surface area (Å²) in [6.45, 7) is 2.21. The van der Waals surface area contributed by atoms with E-state index in [2.05, 4.69) is 22.2 Å². The van der Waals surface area contributed by atoms with Crippen LogP contribution >= 0.6 is 23.5 Å². The third-order valence-electron chi connectivity index (χ3n) is 3.51. The fourth-order valence-corrected chi connectivity index (χ4v) is 5.36. The van der Waals surface area contributed by atoms with Gasteiger partial charge in [-0.25, -0.2) is 0 Å². The summed E-state index contributed by atoms with van der Waals surface area (Å²) < 4.78 is 7.11. The molecule has 114 valence electrons. The van der Waals surface area contributed by atoms with Gasteiger partial charge in [0.1, 0.15) is 6.04 Å². The Morgan fingerprint density at radius 2 is 2.29 bits per heavy atom. The summed E-state index contributed by atoms with van der Waals surface area (Å²) in [5, 5.41) is 9.13. The van der Waals surface area contributed by atoms with E-state index >= 15 is 0 Å². The van der Waals surface area contributed by atoms with Gasteiger partial charge in [-0.05, 0) is 6.42 Å². The summed E-state index contributed by atoms with van der Waals surface area (Å²) >= 11 is 3.91. The Labute approximate surface area is 132 Å². The van der Waals surface area contributed by atoms with Crippen LogP contribution in [0.3, 0.4) is 0 Å². The normalized spacial score (nSPS) is 24.1. The lowest BCUT2D eigenvalue weighted by Crippen LogP contribution is -2.19. The summed E-state index contributed by atoms with van der Waals surface area (Å²) in [6, 6.07) is -0.415. The zero-order chi connectivity index (χ0) is 14.8. The van der Waals surface area contributed by atoms with Crippen LogP contribution in [0.25, 0.3) is 0 Å². The van der Waals surface area contributed by atoms with Crippen molar-refractivity contribution in [1.82, 2.24) is 19.9 Å². The van der Waals surface area contributed by atoms with Gasteiger partial charge in [0.05, 0.1) is 11.4 Å². The SMILES string of the molecule is CCC1SCCSC1c1noc(C(N)c2cnn(C)c2)n1. The molecule has 8 heteroatoms. The van der Waals surface area contributed by atoms with E-state index in [1.54, 1.807) is 10.9 Å². The number of nitrogens with zero attached hydrogens (tertiary/aromatic N) is 4. The molecule has 3 rings (SSSR count). The average Bonchev–Trinajstić information content (AvgIpc) is 3.15. The molecule has 0 aromatic carbocycles. The first-order valence-electron chi connectivity index (χ1n) is 7.00. The van der Waals surface area contributed by atoms with E-state index in [0.717, 1.165) is 23.6 Å². The number of thioether (sulfide) groups is 2. The molecule has 6 nitrogen and oxygen atoms in total. The minimum Gasteiger partial charge on any atom is -0.337 e. The second kappa shape index (κ2) is 6.41. The second-order valence-electron chi connectivity index (χ2n) is 5.02. The van der Waals surface area contributed by atoms with Crippen LogP contribution in [-0.2, 0) is 7.05 Å². The summed E-state index contributed by atoms with van der Waals surface area (Å²) in [4.78, 5) is 4.54. The van der Waals surface area contributed by atoms with Gasteiger partial charge in [0.15, 0.2) is 5.82 Å². The molecule has 0 spiro atoms. The highest BCUT2D eigenvalue weighted by molar-refractivity contribution is 8.06. The lowest BCUT2D eigenvalue weighted by atomic mass is 10.2. The second-order valence-corrected chi connectivity index (χ2v) is 7.62. The molecule has 2 aromatic heterocycles. The van der Waals surface area contributed by atoms with Crippen LogP contribution < -0.4 is 5.73 Å². The minimum atomic E-state index is -0.415. The van der Waals surface area contributed by atoms with Crippen LogP contribution in [0.15, 0.2) is 16.9 Å². The first-order chi connectivity index (χ1) is 10.2. The van der Waals surface area contributed by atoms with Crippen LogP contribution in [0, 0.1) is 0 Å². The molecule has 2 N–H and O–H groups in total. The molecule has 2 aromatic rings. The topological polar surface area (TPSA) is 82.8 Å². The molecule has 0 aliphatic carbocycles. The molecular weight excluding hydrogens is 306 g/mol. The lowest BCUT2D eigenvalue weighted by Gasteiger charge is -2.27. The van der Waals surface area contributed by atoms with E-state index in [1.807, 2.05) is 36.8 Å². The molecule has 0 saturated carbocycles. The van der Waals surface area contributed by atoms with Crippen molar-refractivity contribution in [3.05, 3.63) is 29.7 Å². The average molecular weight is 325 g/mol. The van der Waals surface area contributed by atoms with Crippen molar-refractivity contribution >= 4 is 23.5 Å². The van der Waals surface area contributed by atoms with E-state index in [9.17, 15) is 0 Å². The minimum absolute atomic E-state index is 0.298. The number of hydrogen-bond acceptors (Lipinski definition) is 7. The molecule has 0 amide bonds. The van der Waals surface area contributed by atoms with Gasteiger partial charge in [0.2, 0.25) is 5.89 Å². The lowest BCUT2D eigenvalue weighted by molar-refractivity contribution is 0.362. The number of aryl methyl sites for hydroxylation is 1. The molecule has 3 unspecified atom stereocenters. The van der Waals surface area contributed by atoms with E-state index < -0.39 is 6.04 Å². The van der Waals surface area contributed by atoms with E-state index in [1.165, 1.54) is 5.75 Å². The molecule has 3 atom stereocenters. The van der Waals surface area contributed by atoms with E-state index in [-0.39, 0.29) is 0 Å². The molecule has 0 radical (unpaired) electrons. The van der Waals surface area contributed by atoms with Crippen LogP contribution in [0.1, 0.15) is 41.9 Å². The van der Waals surface area contributed by atoms with Gasteiger partial charge in [0, 0.05) is 35.6 Å². The molecule has 0 bridgehead atoms. The van der Waals surface area contributed by atoms with Crippen molar-refractivity contribution in [2.45, 2.75) is 29.9 Å². The molecule has 1 aliphatic heterocycles. The zero-order valence-corrected chi connectivity index (χ0v) is 13.7. The van der Waals surface area contributed by atoms with Crippen molar-refractivity contribution in [3.8, 4) is 0 Å². The maximum Gasteiger partial charge on any atom is 0.248 e. The van der Waals surface area contributed by atoms with Gasteiger partial charge >= 0.3 is 0 Å². The maximum atomic E-state index is 6.18. The van der Waals surface area contributed by atoms with Gasteiger partial charge in [0.25, 0.3) is 0 Å². The highest BCUT2D eigenvalue weighted by Crippen LogP contribution is 2.43. The van der Waals surface area contributed by atoms with Crippen LogP contribution in [0.4, 0.5) is 0 Å². The quantitative estimate of drug-likeness (QED) is 0.922. The third-order valence-corrected chi connectivity index (χ3v) is 6.76. The molecule has 1 fully saturated rings. The predicted molar refractivity (Wildman–Crippen MR) is 85.3 cm³/mol. The summed E-state index contributed by atoms with van der Waals surface area (Å²) in [7, 11) is 1.86. The van der Waals surface area contributed by atoms with Gasteiger partial charge < -0.3 is 10.3 Å². The van der Waals surface area contributed by atoms with Gasteiger partial charge in [-0.2, -0.15) is 21.8 Å². The summed E-state index contributed by atoms with van der Waals surface area (Å²) in [5.41, 5.74) is 7.06. The fourth-order valence-electron chi connectivity index (χ4n) is 2.37. The highest BCUT2D eigenvalue weighted by atomic mass is 32.2. The Balaban J connectivity index is 1.79. The van der Waals surface area contributed by atoms with Crippen molar-refractivity contribution in [1.29, 1.82) is 0 Å². The first kappa shape index (κ1) is 14.9. The number of nitrogens with two attached hydrogens (primary N) is 1. The van der Waals surface area contributed by atoms with Crippen molar-refractivity contribution in [2.24, 2.45) is 12.8 Å². The van der Waals surface area contributed by atoms with Gasteiger partial charge in [-0.3, -0.25) is 4.68 Å². The molecule has 3 heterocycles. The number of rotatable bonds is 4. The Morgan fingerprint density at radius 3 is 3.00 bits per heavy atom. The Morgan fingerprint density at radius 1 is 1.48 bits per heavy atom. The maximum absolute atomic E-state index is 6.18. The summed E-state index contributed by atoms with van der Waals surface area (Å²) in [5.74, 6) is 3.56. The highest BCUT2D eigenvalue weighted by Gasteiger charge is 2.31. The fraction of sp³-hybridized carbons (Fsp3) is 0.615. The van der Waals surface area contributed by atoms with Crippen LogP contribution in [0.5, 0.6) is 0 Å². The molecule has 1 saturated heterocycles. The third kappa shape index (κ3) is 3.12. The molecule has 1 aliphatic rings. The van der Waals surface area contributed by atoms with Gasteiger partial charge in [-0.1, -0.05) is 12.1 Å². The largest absolute Gasteiger partial charge is 0.337 e. The summed E-state index contributed by atoms with van der Waals surface area (Å²) in [6.07, 6.45) is 4.71. The van der Waals surface area contributed by atoms with Gasteiger partial charge in [-0.15, -0.1) is 11.8 Å². The predicted octanol–water partition coefficient (Wildman–Crippen LogP) is 2.15. The Hall–Kier alpha value is -0.990. The first-order valence-corrected chi connectivity index (χ1v) is 9.09. The number of hydrogen-bond donors (Lipinski definition) is 1. The Kier molecular flexibility index (Phi) is 4.56. The Bertz CT molecular complexity index is 599. The standard InChI is InChI=1S/C13H19N5OS2/c1-3-9-11(21-5-4-20-9)12-16-13(19-17-12)10(14)8-6-15-18(2)7-8/h6-7,9-11H,3-5,14H2,1-2H3. The van der Waals surface area contributed by atoms with Crippen molar-refractivity contribution in [2.75, 3.05) is 11.5 Å². The monoisotopic (exact) mass is 325 g/mol. The van der Waals surface area contributed by atoms with Crippen LogP contribution in [-0.4, -0.2) is 36.7 Å². The van der Waals surface area contributed by atoms with Crippen molar-refractivity contribution < 1.29 is 4.52 Å². The van der Waals surface area contributed by atoms with Crippen molar-refractivity contribution in [3.63, 3.8) is 0 Å². The number of aromatic nitrogens is 4. The zero-order valence-electron chi connectivity index (χ0n) is 12.1. The smallest absolute Gasteiger partial charge is 0.248 e.